The molecule has 2 amide bonds. The minimum atomic E-state index is -0.540. The van der Waals surface area contributed by atoms with Crippen molar-refractivity contribution in [2.45, 2.75) is 18.4 Å². The first-order valence-corrected chi connectivity index (χ1v) is 13.4. The molecule has 0 radical (unpaired) electrons. The summed E-state index contributed by atoms with van der Waals surface area (Å²) in [7, 11) is 0. The number of fused-ring (bicyclic) bond motifs is 1. The van der Waals surface area contributed by atoms with Crippen LogP contribution >= 0.6 is 23.2 Å². The van der Waals surface area contributed by atoms with E-state index in [1.807, 2.05) is 79.0 Å². The van der Waals surface area contributed by atoms with Gasteiger partial charge in [-0.25, -0.2) is 0 Å². The predicted molar refractivity (Wildman–Crippen MR) is 157 cm³/mol. The lowest BCUT2D eigenvalue weighted by molar-refractivity contribution is -0.121. The molecule has 0 bridgehead atoms. The summed E-state index contributed by atoms with van der Waals surface area (Å²) < 4.78 is 0. The zero-order valence-electron chi connectivity index (χ0n) is 21.0. The van der Waals surface area contributed by atoms with Gasteiger partial charge in [-0.15, -0.1) is 0 Å². The number of hydrogen-bond acceptors (Lipinski definition) is 2. The summed E-state index contributed by atoms with van der Waals surface area (Å²) in [6, 6.07) is 31.5. The molecule has 5 nitrogen and oxygen atoms in total. The van der Waals surface area contributed by atoms with E-state index in [2.05, 4.69) is 21.7 Å². The van der Waals surface area contributed by atoms with E-state index < -0.39 is 6.04 Å². The third-order valence-electron chi connectivity index (χ3n) is 6.80. The molecule has 0 fully saturated rings. The van der Waals surface area contributed by atoms with Crippen molar-refractivity contribution in [1.29, 1.82) is 0 Å². The summed E-state index contributed by atoms with van der Waals surface area (Å²) in [5.74, 6) is -0.707. The number of rotatable bonds is 9. The highest BCUT2D eigenvalue weighted by Gasteiger charge is 2.24. The fraction of sp³-hybridized carbons (Fsp3) is 0.125. The Bertz CT molecular complexity index is 1600. The van der Waals surface area contributed by atoms with Gasteiger partial charge in [0.1, 0.15) is 0 Å². The summed E-state index contributed by atoms with van der Waals surface area (Å²) >= 11 is 12.9. The highest BCUT2D eigenvalue weighted by Crippen LogP contribution is 2.34. The van der Waals surface area contributed by atoms with Gasteiger partial charge in [-0.1, -0.05) is 102 Å². The number of aromatic amines is 1. The standard InChI is InChI=1S/C32H27Cl2N3O2/c33-27-15-7-4-12-22(27)25(26-19-35-29-17-9-6-13-23(26)29)20-36-31(38)18-30(21-10-2-1-3-11-21)37-32(39)24-14-5-8-16-28(24)34/h1-17,19,25,30,35H,18,20H2,(H,36,38)(H,37,39)/t25-,30-/m0/s1. The number of para-hydroxylation sites is 1. The van der Waals surface area contributed by atoms with Crippen molar-refractivity contribution >= 4 is 45.9 Å². The van der Waals surface area contributed by atoms with Gasteiger partial charge in [0.15, 0.2) is 0 Å². The molecule has 1 heterocycles. The van der Waals surface area contributed by atoms with Crippen LogP contribution < -0.4 is 10.6 Å². The highest BCUT2D eigenvalue weighted by molar-refractivity contribution is 6.33. The first-order chi connectivity index (χ1) is 19.0. The normalized spacial score (nSPS) is 12.6. The minimum Gasteiger partial charge on any atom is -0.361 e. The third kappa shape index (κ3) is 6.17. The second-order valence-electron chi connectivity index (χ2n) is 9.29. The number of nitrogens with one attached hydrogen (secondary N) is 3. The van der Waals surface area contributed by atoms with Crippen molar-refractivity contribution < 1.29 is 9.59 Å². The lowest BCUT2D eigenvalue weighted by Crippen LogP contribution is -2.35. The van der Waals surface area contributed by atoms with E-state index in [4.69, 9.17) is 23.2 Å². The van der Waals surface area contributed by atoms with Crippen molar-refractivity contribution in [3.8, 4) is 0 Å². The van der Waals surface area contributed by atoms with E-state index >= 15 is 0 Å². The Labute approximate surface area is 237 Å². The average Bonchev–Trinajstić information content (AvgIpc) is 3.38. The van der Waals surface area contributed by atoms with Gasteiger partial charge in [-0.3, -0.25) is 9.59 Å². The van der Waals surface area contributed by atoms with Crippen LogP contribution in [-0.4, -0.2) is 23.3 Å². The monoisotopic (exact) mass is 555 g/mol. The van der Waals surface area contributed by atoms with E-state index in [0.29, 0.717) is 22.2 Å². The van der Waals surface area contributed by atoms with Crippen LogP contribution in [0, 0.1) is 0 Å². The molecule has 0 aliphatic carbocycles. The molecule has 0 spiro atoms. The summed E-state index contributed by atoms with van der Waals surface area (Å²) in [5, 5.41) is 8.15. The molecule has 7 heteroatoms. The van der Waals surface area contributed by atoms with Crippen LogP contribution in [0.5, 0.6) is 0 Å². The van der Waals surface area contributed by atoms with Gasteiger partial charge in [0.05, 0.1) is 23.0 Å². The van der Waals surface area contributed by atoms with E-state index in [-0.39, 0.29) is 24.2 Å². The molecule has 5 aromatic rings. The summed E-state index contributed by atoms with van der Waals surface area (Å²) in [4.78, 5) is 29.7. The lowest BCUT2D eigenvalue weighted by atomic mass is 9.90. The molecule has 39 heavy (non-hydrogen) atoms. The molecule has 0 aliphatic rings. The molecule has 0 aliphatic heterocycles. The predicted octanol–water partition coefficient (Wildman–Crippen LogP) is 7.28. The van der Waals surface area contributed by atoms with Crippen LogP contribution in [0.1, 0.15) is 45.4 Å². The molecule has 2 atom stereocenters. The summed E-state index contributed by atoms with van der Waals surface area (Å²) in [5.41, 5.74) is 4.18. The number of halogens is 2. The van der Waals surface area contributed by atoms with Crippen LogP contribution in [0.2, 0.25) is 10.0 Å². The van der Waals surface area contributed by atoms with Gasteiger partial charge in [-0.2, -0.15) is 0 Å². The maximum absolute atomic E-state index is 13.3. The fourth-order valence-corrected chi connectivity index (χ4v) is 5.31. The van der Waals surface area contributed by atoms with Gasteiger partial charge in [0.2, 0.25) is 5.91 Å². The molecule has 1 aromatic heterocycles. The molecule has 4 aromatic carbocycles. The topological polar surface area (TPSA) is 74.0 Å². The van der Waals surface area contributed by atoms with Crippen LogP contribution in [0.3, 0.4) is 0 Å². The number of carbonyl (C=O) groups excluding carboxylic acids is 2. The van der Waals surface area contributed by atoms with Gasteiger partial charge >= 0.3 is 0 Å². The number of carbonyl (C=O) groups is 2. The Hall–Kier alpha value is -4.06. The van der Waals surface area contributed by atoms with E-state index in [0.717, 1.165) is 27.6 Å². The minimum absolute atomic E-state index is 0.0589. The van der Waals surface area contributed by atoms with Crippen LogP contribution in [0.25, 0.3) is 10.9 Å². The van der Waals surface area contributed by atoms with Crippen molar-refractivity contribution in [2.24, 2.45) is 0 Å². The Morgan fingerprint density at radius 2 is 1.41 bits per heavy atom. The molecule has 5 rings (SSSR count). The lowest BCUT2D eigenvalue weighted by Gasteiger charge is -2.22. The second kappa shape index (κ2) is 12.2. The molecule has 0 unspecified atom stereocenters. The maximum atomic E-state index is 13.3. The SMILES string of the molecule is O=C(C[C@H](NC(=O)c1ccccc1Cl)c1ccccc1)NC[C@@H](c1ccccc1Cl)c1c[nH]c2ccccc12. The van der Waals surface area contributed by atoms with E-state index in [1.165, 1.54) is 0 Å². The molecular formula is C32H27Cl2N3O2. The van der Waals surface area contributed by atoms with Crippen molar-refractivity contribution in [1.82, 2.24) is 15.6 Å². The van der Waals surface area contributed by atoms with Crippen LogP contribution in [0.15, 0.2) is 109 Å². The fourth-order valence-electron chi connectivity index (χ4n) is 4.82. The number of benzene rings is 4. The van der Waals surface area contributed by atoms with Crippen LogP contribution in [0.4, 0.5) is 0 Å². The number of hydrogen-bond donors (Lipinski definition) is 3. The van der Waals surface area contributed by atoms with E-state index in [9.17, 15) is 9.59 Å². The Morgan fingerprint density at radius 3 is 2.18 bits per heavy atom. The first kappa shape index (κ1) is 26.5. The molecule has 196 valence electrons. The summed E-state index contributed by atoms with van der Waals surface area (Å²) in [6.07, 6.45) is 2.03. The van der Waals surface area contributed by atoms with Gasteiger partial charge in [-0.05, 0) is 41.0 Å². The summed E-state index contributed by atoms with van der Waals surface area (Å²) in [6.45, 7) is 0.338. The number of aromatic nitrogens is 1. The van der Waals surface area contributed by atoms with E-state index in [1.54, 1.807) is 24.3 Å². The van der Waals surface area contributed by atoms with Crippen LogP contribution in [-0.2, 0) is 4.79 Å². The van der Waals surface area contributed by atoms with Crippen molar-refractivity contribution in [3.63, 3.8) is 0 Å². The molecule has 0 saturated carbocycles. The largest absolute Gasteiger partial charge is 0.361 e. The Kier molecular flexibility index (Phi) is 8.30. The first-order valence-electron chi connectivity index (χ1n) is 12.7. The number of H-pyrrole nitrogens is 1. The zero-order chi connectivity index (χ0) is 27.2. The van der Waals surface area contributed by atoms with Crippen molar-refractivity contribution in [2.75, 3.05) is 6.54 Å². The van der Waals surface area contributed by atoms with Crippen molar-refractivity contribution in [3.05, 3.63) is 142 Å². The maximum Gasteiger partial charge on any atom is 0.253 e. The Morgan fingerprint density at radius 1 is 0.744 bits per heavy atom. The second-order valence-corrected chi connectivity index (χ2v) is 10.1. The third-order valence-corrected chi connectivity index (χ3v) is 7.47. The molecule has 3 N–H and O–H groups in total. The molecule has 0 saturated heterocycles. The van der Waals surface area contributed by atoms with Gasteiger partial charge in [0, 0.05) is 34.6 Å². The zero-order valence-corrected chi connectivity index (χ0v) is 22.5. The Balaban J connectivity index is 1.37. The smallest absolute Gasteiger partial charge is 0.253 e. The highest BCUT2D eigenvalue weighted by atomic mass is 35.5. The molecular weight excluding hydrogens is 529 g/mol. The van der Waals surface area contributed by atoms with Gasteiger partial charge < -0.3 is 15.6 Å². The van der Waals surface area contributed by atoms with Gasteiger partial charge in [0.25, 0.3) is 5.91 Å². The number of amides is 2. The quantitative estimate of drug-likeness (QED) is 0.179. The average molecular weight is 556 g/mol.